The van der Waals surface area contributed by atoms with E-state index in [-0.39, 0.29) is 0 Å². The summed E-state index contributed by atoms with van der Waals surface area (Å²) in [6.45, 7) is 2.87. The van der Waals surface area contributed by atoms with Gasteiger partial charge in [0.1, 0.15) is 0 Å². The summed E-state index contributed by atoms with van der Waals surface area (Å²) in [6.07, 6.45) is 2.24. The largest absolute Gasteiger partial charge is 0.317 e. The van der Waals surface area contributed by atoms with Crippen LogP contribution in [0.5, 0.6) is 0 Å². The van der Waals surface area contributed by atoms with Crippen molar-refractivity contribution in [1.82, 2.24) is 25.5 Å². The molecule has 5 heteroatoms. The number of piperidine rings is 1. The van der Waals surface area contributed by atoms with E-state index in [1.165, 1.54) is 5.56 Å². The molecule has 0 saturated carbocycles. The zero-order valence-corrected chi connectivity index (χ0v) is 10.3. The van der Waals surface area contributed by atoms with E-state index in [4.69, 9.17) is 0 Å². The van der Waals surface area contributed by atoms with Gasteiger partial charge in [-0.2, -0.15) is 0 Å². The van der Waals surface area contributed by atoms with Crippen LogP contribution in [0.15, 0.2) is 30.3 Å². The second-order valence-electron chi connectivity index (χ2n) is 4.70. The predicted octanol–water partition coefficient (Wildman–Crippen LogP) is 1.19. The minimum absolute atomic E-state index is 0.491. The van der Waals surface area contributed by atoms with Crippen molar-refractivity contribution in [2.45, 2.75) is 25.3 Å². The summed E-state index contributed by atoms with van der Waals surface area (Å²) < 4.78 is 1.94. The van der Waals surface area contributed by atoms with Gasteiger partial charge in [0, 0.05) is 5.92 Å². The third-order valence-corrected chi connectivity index (χ3v) is 3.44. The molecule has 94 valence electrons. The Labute approximate surface area is 106 Å². The number of benzene rings is 1. The average Bonchev–Trinajstić information content (AvgIpc) is 2.89. The fourth-order valence-electron chi connectivity index (χ4n) is 2.45. The first-order valence-electron chi connectivity index (χ1n) is 6.44. The van der Waals surface area contributed by atoms with Crippen LogP contribution in [0.1, 0.15) is 30.1 Å². The van der Waals surface area contributed by atoms with E-state index >= 15 is 0 Å². The van der Waals surface area contributed by atoms with Crippen LogP contribution >= 0.6 is 0 Å². The lowest BCUT2D eigenvalue weighted by atomic mass is 9.97. The van der Waals surface area contributed by atoms with Crippen molar-refractivity contribution >= 4 is 0 Å². The van der Waals surface area contributed by atoms with Crippen molar-refractivity contribution in [2.75, 3.05) is 13.1 Å². The molecule has 3 rings (SSSR count). The van der Waals surface area contributed by atoms with Crippen LogP contribution in [-0.4, -0.2) is 33.3 Å². The van der Waals surface area contributed by atoms with E-state index in [0.717, 1.165) is 38.3 Å². The first kappa shape index (κ1) is 11.3. The van der Waals surface area contributed by atoms with Gasteiger partial charge in [0.05, 0.1) is 6.54 Å². The summed E-state index contributed by atoms with van der Waals surface area (Å²) in [5, 5.41) is 15.5. The average molecular weight is 243 g/mol. The maximum Gasteiger partial charge on any atom is 0.154 e. The summed E-state index contributed by atoms with van der Waals surface area (Å²) in [6, 6.07) is 10.3. The Balaban J connectivity index is 1.78. The van der Waals surface area contributed by atoms with Crippen LogP contribution < -0.4 is 5.32 Å². The van der Waals surface area contributed by atoms with Crippen LogP contribution in [0.4, 0.5) is 0 Å². The molecule has 1 aliphatic heterocycles. The summed E-state index contributed by atoms with van der Waals surface area (Å²) in [7, 11) is 0. The number of tetrazole rings is 1. The molecule has 1 aromatic heterocycles. The summed E-state index contributed by atoms with van der Waals surface area (Å²) in [4.78, 5) is 0. The number of nitrogens with zero attached hydrogens (tertiary/aromatic N) is 4. The van der Waals surface area contributed by atoms with Crippen molar-refractivity contribution in [3.05, 3.63) is 41.7 Å². The first-order valence-corrected chi connectivity index (χ1v) is 6.44. The summed E-state index contributed by atoms with van der Waals surface area (Å²) in [5.41, 5.74) is 1.24. The van der Waals surface area contributed by atoms with E-state index in [1.54, 1.807) is 0 Å². The minimum Gasteiger partial charge on any atom is -0.317 e. The van der Waals surface area contributed by atoms with Gasteiger partial charge in [-0.1, -0.05) is 30.3 Å². The Morgan fingerprint density at radius 3 is 2.72 bits per heavy atom. The molecule has 0 radical (unpaired) electrons. The van der Waals surface area contributed by atoms with E-state index in [9.17, 15) is 0 Å². The van der Waals surface area contributed by atoms with Gasteiger partial charge in [-0.05, 0) is 41.9 Å². The number of aromatic nitrogens is 4. The maximum absolute atomic E-state index is 4.21. The standard InChI is InChI=1S/C13H17N5/c1-2-4-11(5-3-1)10-18-13(15-16-17-18)12-6-8-14-9-7-12/h1-5,12,14H,6-10H2. The molecule has 18 heavy (non-hydrogen) atoms. The number of nitrogens with one attached hydrogen (secondary N) is 1. The third kappa shape index (κ3) is 2.41. The molecule has 0 unspecified atom stereocenters. The minimum atomic E-state index is 0.491. The molecule has 2 heterocycles. The van der Waals surface area contributed by atoms with Crippen molar-refractivity contribution in [3.63, 3.8) is 0 Å². The first-order chi connectivity index (χ1) is 8.93. The summed E-state index contributed by atoms with van der Waals surface area (Å²) >= 11 is 0. The number of rotatable bonds is 3. The van der Waals surface area contributed by atoms with Crippen LogP contribution in [0.3, 0.4) is 0 Å². The third-order valence-electron chi connectivity index (χ3n) is 3.44. The quantitative estimate of drug-likeness (QED) is 0.879. The molecule has 2 aromatic rings. The van der Waals surface area contributed by atoms with E-state index in [0.29, 0.717) is 5.92 Å². The normalized spacial score (nSPS) is 16.9. The zero-order valence-electron chi connectivity index (χ0n) is 10.3. The molecule has 0 aliphatic carbocycles. The van der Waals surface area contributed by atoms with Crippen molar-refractivity contribution in [3.8, 4) is 0 Å². The predicted molar refractivity (Wildman–Crippen MR) is 68.2 cm³/mol. The fourth-order valence-corrected chi connectivity index (χ4v) is 2.45. The second kappa shape index (κ2) is 5.27. The molecule has 1 fully saturated rings. The van der Waals surface area contributed by atoms with Crippen molar-refractivity contribution in [1.29, 1.82) is 0 Å². The van der Waals surface area contributed by atoms with Crippen LogP contribution in [0.25, 0.3) is 0 Å². The Morgan fingerprint density at radius 2 is 1.94 bits per heavy atom. The lowest BCUT2D eigenvalue weighted by molar-refractivity contribution is 0.427. The molecular formula is C13H17N5. The van der Waals surface area contributed by atoms with Crippen LogP contribution in [0.2, 0.25) is 0 Å². The summed E-state index contributed by atoms with van der Waals surface area (Å²) in [5.74, 6) is 1.52. The maximum atomic E-state index is 4.21. The molecule has 0 amide bonds. The monoisotopic (exact) mass is 243 g/mol. The van der Waals surface area contributed by atoms with Gasteiger partial charge >= 0.3 is 0 Å². The number of hydrogen-bond acceptors (Lipinski definition) is 4. The molecule has 0 atom stereocenters. The number of hydrogen-bond donors (Lipinski definition) is 1. The van der Waals surface area contributed by atoms with Gasteiger partial charge in [0.15, 0.2) is 5.82 Å². The van der Waals surface area contributed by atoms with E-state index < -0.39 is 0 Å². The molecule has 1 aromatic carbocycles. The SMILES string of the molecule is c1ccc(Cn2nnnc2C2CCNCC2)cc1. The van der Waals surface area contributed by atoms with Gasteiger partial charge in [0.25, 0.3) is 0 Å². The Kier molecular flexibility index (Phi) is 3.32. The van der Waals surface area contributed by atoms with Gasteiger partial charge < -0.3 is 5.32 Å². The van der Waals surface area contributed by atoms with Crippen molar-refractivity contribution in [2.24, 2.45) is 0 Å². The molecule has 0 bridgehead atoms. The molecule has 5 nitrogen and oxygen atoms in total. The van der Waals surface area contributed by atoms with Gasteiger partial charge in [-0.25, -0.2) is 4.68 Å². The van der Waals surface area contributed by atoms with Crippen molar-refractivity contribution < 1.29 is 0 Å². The molecular weight excluding hydrogens is 226 g/mol. The Hall–Kier alpha value is -1.75. The van der Waals surface area contributed by atoms with Gasteiger partial charge in [-0.15, -0.1) is 5.10 Å². The highest BCUT2D eigenvalue weighted by Crippen LogP contribution is 2.22. The molecule has 1 saturated heterocycles. The molecule has 0 spiro atoms. The highest BCUT2D eigenvalue weighted by molar-refractivity contribution is 5.15. The van der Waals surface area contributed by atoms with Crippen LogP contribution in [-0.2, 0) is 6.54 Å². The van der Waals surface area contributed by atoms with Gasteiger partial charge in [-0.3, -0.25) is 0 Å². The topological polar surface area (TPSA) is 55.6 Å². The van der Waals surface area contributed by atoms with Gasteiger partial charge in [0.2, 0.25) is 0 Å². The smallest absolute Gasteiger partial charge is 0.154 e. The van der Waals surface area contributed by atoms with E-state index in [1.807, 2.05) is 22.9 Å². The lowest BCUT2D eigenvalue weighted by Crippen LogP contribution is -2.28. The highest BCUT2D eigenvalue weighted by atomic mass is 15.5. The lowest BCUT2D eigenvalue weighted by Gasteiger charge is -2.21. The van der Waals surface area contributed by atoms with E-state index in [2.05, 4.69) is 33.0 Å². The Morgan fingerprint density at radius 1 is 1.17 bits per heavy atom. The highest BCUT2D eigenvalue weighted by Gasteiger charge is 2.21. The zero-order chi connectivity index (χ0) is 12.2. The molecule has 1 N–H and O–H groups in total. The second-order valence-corrected chi connectivity index (χ2v) is 4.70. The Bertz CT molecular complexity index is 487. The molecule has 1 aliphatic rings. The fraction of sp³-hybridized carbons (Fsp3) is 0.462. The van der Waals surface area contributed by atoms with Crippen LogP contribution in [0, 0.1) is 0 Å².